The minimum absolute atomic E-state index is 0. The summed E-state index contributed by atoms with van der Waals surface area (Å²) in [5, 5.41) is 3.51. The molecule has 0 saturated carbocycles. The molecule has 2 aliphatic heterocycles. The summed E-state index contributed by atoms with van der Waals surface area (Å²) in [4.78, 5) is 26.3. The SMILES string of the molecule is CCN1CCN(C(C)CNC(=NC)N2CC(=O)N(C(C)C)C(C)(C)C2)CC1.I. The lowest BCUT2D eigenvalue weighted by Gasteiger charge is -2.49. The number of aliphatic imine (C=N–C) groups is 1. The number of hydrogen-bond acceptors (Lipinski definition) is 4. The summed E-state index contributed by atoms with van der Waals surface area (Å²) in [6, 6.07) is 0.660. The maximum atomic E-state index is 12.7. The number of piperazine rings is 2. The summed E-state index contributed by atoms with van der Waals surface area (Å²) in [7, 11) is 1.80. The molecule has 0 aromatic heterocycles. The Morgan fingerprint density at radius 2 is 1.79 bits per heavy atom. The molecule has 0 spiro atoms. The first kappa shape index (κ1) is 25.4. The Bertz CT molecular complexity index is 531. The van der Waals surface area contributed by atoms with Crippen molar-refractivity contribution in [3.8, 4) is 0 Å². The number of carbonyl (C=O) groups excluding carboxylic acids is 1. The van der Waals surface area contributed by atoms with Crippen LogP contribution in [0.2, 0.25) is 0 Å². The van der Waals surface area contributed by atoms with E-state index in [1.165, 1.54) is 0 Å². The van der Waals surface area contributed by atoms with Gasteiger partial charge in [0.05, 0.1) is 12.1 Å². The summed E-state index contributed by atoms with van der Waals surface area (Å²) in [6.45, 7) is 20.7. The number of likely N-dealkylation sites (N-methyl/N-ethyl adjacent to an activating group) is 1. The van der Waals surface area contributed by atoms with Gasteiger partial charge in [-0.2, -0.15) is 0 Å². The van der Waals surface area contributed by atoms with Crippen molar-refractivity contribution in [3.63, 3.8) is 0 Å². The zero-order valence-corrected chi connectivity index (χ0v) is 21.2. The van der Waals surface area contributed by atoms with Crippen molar-refractivity contribution in [3.05, 3.63) is 0 Å². The van der Waals surface area contributed by atoms with Crippen molar-refractivity contribution in [2.75, 3.05) is 59.4 Å². The molecular formula is C20H41IN6O. The predicted octanol–water partition coefficient (Wildman–Crippen LogP) is 1.54. The smallest absolute Gasteiger partial charge is 0.242 e. The minimum atomic E-state index is -0.205. The predicted molar refractivity (Wildman–Crippen MR) is 128 cm³/mol. The standard InChI is InChI=1S/C20H40N6O.HI/c1-8-23-9-11-24(12-10-23)17(4)13-22-19(21-7)25-14-18(27)26(16(2)3)20(5,6)15-25;/h16-17H,8-15H2,1-7H3,(H,21,22);1H. The fraction of sp³-hybridized carbons (Fsp3) is 0.900. The van der Waals surface area contributed by atoms with Crippen LogP contribution in [0.5, 0.6) is 0 Å². The highest BCUT2D eigenvalue weighted by atomic mass is 127. The van der Waals surface area contributed by atoms with Gasteiger partial charge >= 0.3 is 0 Å². The number of rotatable bonds is 5. The zero-order valence-electron chi connectivity index (χ0n) is 18.9. The molecule has 2 aliphatic rings. The van der Waals surface area contributed by atoms with Gasteiger partial charge < -0.3 is 20.0 Å². The number of carbonyl (C=O) groups is 1. The molecule has 28 heavy (non-hydrogen) atoms. The highest BCUT2D eigenvalue weighted by molar-refractivity contribution is 14.0. The molecule has 0 bridgehead atoms. The van der Waals surface area contributed by atoms with E-state index in [9.17, 15) is 4.79 Å². The first-order valence-corrected chi connectivity index (χ1v) is 10.4. The van der Waals surface area contributed by atoms with E-state index in [2.05, 4.69) is 66.6 Å². The fourth-order valence-corrected chi connectivity index (χ4v) is 4.53. The monoisotopic (exact) mass is 508 g/mol. The molecule has 0 aliphatic carbocycles. The molecule has 7 nitrogen and oxygen atoms in total. The van der Waals surface area contributed by atoms with Gasteiger partial charge in [-0.05, 0) is 41.2 Å². The summed E-state index contributed by atoms with van der Waals surface area (Å²) in [5.74, 6) is 1.01. The molecule has 0 aromatic carbocycles. The maximum absolute atomic E-state index is 12.7. The molecule has 2 saturated heterocycles. The number of amides is 1. The van der Waals surface area contributed by atoms with Crippen LogP contribution in [0, 0.1) is 0 Å². The van der Waals surface area contributed by atoms with Crippen LogP contribution in [-0.2, 0) is 4.79 Å². The quantitative estimate of drug-likeness (QED) is 0.347. The molecular weight excluding hydrogens is 467 g/mol. The Balaban J connectivity index is 0.00000392. The van der Waals surface area contributed by atoms with E-state index in [4.69, 9.17) is 0 Å². The first-order chi connectivity index (χ1) is 12.7. The summed E-state index contributed by atoms with van der Waals surface area (Å²) in [5.41, 5.74) is -0.205. The van der Waals surface area contributed by atoms with E-state index in [1.807, 2.05) is 4.90 Å². The first-order valence-electron chi connectivity index (χ1n) is 10.4. The van der Waals surface area contributed by atoms with Gasteiger partial charge in [0.1, 0.15) is 0 Å². The highest BCUT2D eigenvalue weighted by Gasteiger charge is 2.40. The third kappa shape index (κ3) is 6.19. The van der Waals surface area contributed by atoms with Crippen LogP contribution < -0.4 is 5.32 Å². The molecule has 1 atom stereocenters. The lowest BCUT2D eigenvalue weighted by molar-refractivity contribution is -0.145. The van der Waals surface area contributed by atoms with Gasteiger partial charge in [0.2, 0.25) is 5.91 Å². The van der Waals surface area contributed by atoms with Crippen LogP contribution in [-0.4, -0.2) is 108 Å². The van der Waals surface area contributed by atoms with Crippen LogP contribution in [0.3, 0.4) is 0 Å². The Kier molecular flexibility index (Phi) is 9.96. The van der Waals surface area contributed by atoms with Gasteiger partial charge in [-0.3, -0.25) is 14.7 Å². The van der Waals surface area contributed by atoms with Crippen molar-refractivity contribution < 1.29 is 4.79 Å². The Labute approximate surface area is 188 Å². The number of hydrogen-bond donors (Lipinski definition) is 1. The molecule has 164 valence electrons. The molecule has 2 rings (SSSR count). The van der Waals surface area contributed by atoms with E-state index in [-0.39, 0.29) is 41.5 Å². The Morgan fingerprint density at radius 1 is 1.18 bits per heavy atom. The van der Waals surface area contributed by atoms with Crippen LogP contribution in [0.25, 0.3) is 0 Å². The molecule has 0 aromatic rings. The van der Waals surface area contributed by atoms with Crippen LogP contribution in [0.15, 0.2) is 4.99 Å². The average Bonchev–Trinajstić information content (AvgIpc) is 2.60. The topological polar surface area (TPSA) is 54.4 Å². The largest absolute Gasteiger partial charge is 0.355 e. The van der Waals surface area contributed by atoms with Crippen LogP contribution in [0.4, 0.5) is 0 Å². The van der Waals surface area contributed by atoms with Gasteiger partial charge in [0.25, 0.3) is 0 Å². The van der Waals surface area contributed by atoms with Crippen LogP contribution in [0.1, 0.15) is 41.5 Å². The molecule has 8 heteroatoms. The highest BCUT2D eigenvalue weighted by Crippen LogP contribution is 2.24. The second-order valence-corrected chi connectivity index (χ2v) is 8.77. The van der Waals surface area contributed by atoms with E-state index >= 15 is 0 Å². The Morgan fingerprint density at radius 3 is 2.25 bits per heavy atom. The fourth-order valence-electron chi connectivity index (χ4n) is 4.53. The summed E-state index contributed by atoms with van der Waals surface area (Å²) < 4.78 is 0. The van der Waals surface area contributed by atoms with Crippen molar-refractivity contribution in [1.29, 1.82) is 0 Å². The van der Waals surface area contributed by atoms with Crippen LogP contribution >= 0.6 is 24.0 Å². The van der Waals surface area contributed by atoms with Crippen molar-refractivity contribution in [1.82, 2.24) is 24.9 Å². The van der Waals surface area contributed by atoms with E-state index < -0.39 is 0 Å². The van der Waals surface area contributed by atoms with Crippen molar-refractivity contribution >= 4 is 35.8 Å². The number of nitrogens with zero attached hydrogens (tertiary/aromatic N) is 5. The maximum Gasteiger partial charge on any atom is 0.242 e. The number of nitrogens with one attached hydrogen (secondary N) is 1. The minimum Gasteiger partial charge on any atom is -0.355 e. The number of halogens is 1. The van der Waals surface area contributed by atoms with E-state index in [1.54, 1.807) is 7.05 Å². The second-order valence-electron chi connectivity index (χ2n) is 8.77. The lowest BCUT2D eigenvalue weighted by atomic mass is 9.96. The number of guanidine groups is 1. The molecule has 2 fully saturated rings. The Hall–Kier alpha value is -0.610. The third-order valence-corrected chi connectivity index (χ3v) is 5.89. The van der Waals surface area contributed by atoms with E-state index in [0.29, 0.717) is 12.6 Å². The van der Waals surface area contributed by atoms with Crippen molar-refractivity contribution in [2.45, 2.75) is 59.2 Å². The molecule has 0 radical (unpaired) electrons. The molecule has 1 amide bonds. The third-order valence-electron chi connectivity index (χ3n) is 5.89. The summed E-state index contributed by atoms with van der Waals surface area (Å²) in [6.07, 6.45) is 0. The zero-order chi connectivity index (χ0) is 20.2. The van der Waals surface area contributed by atoms with Crippen molar-refractivity contribution in [2.24, 2.45) is 4.99 Å². The van der Waals surface area contributed by atoms with Gasteiger partial charge in [0.15, 0.2) is 5.96 Å². The van der Waals surface area contributed by atoms with Gasteiger partial charge in [-0.15, -0.1) is 24.0 Å². The van der Waals surface area contributed by atoms with Gasteiger partial charge in [-0.1, -0.05) is 6.92 Å². The second kappa shape index (κ2) is 11.0. The lowest BCUT2D eigenvalue weighted by Crippen LogP contribution is -2.66. The van der Waals surface area contributed by atoms with Gasteiger partial charge in [-0.25, -0.2) is 0 Å². The molecule has 1 unspecified atom stereocenters. The normalized spacial score (nSPS) is 23.0. The summed E-state index contributed by atoms with van der Waals surface area (Å²) >= 11 is 0. The molecule has 1 N–H and O–H groups in total. The van der Waals surface area contributed by atoms with E-state index in [0.717, 1.165) is 51.8 Å². The molecule has 2 heterocycles. The average molecular weight is 508 g/mol. The van der Waals surface area contributed by atoms with Gasteiger partial charge in [0, 0.05) is 58.4 Å².